The van der Waals surface area contributed by atoms with Gasteiger partial charge in [0, 0.05) is 10.6 Å². The molecule has 8 heteroatoms. The van der Waals surface area contributed by atoms with Gasteiger partial charge in [0.05, 0.1) is 22.4 Å². The minimum Gasteiger partial charge on any atom is -0.399 e. The summed E-state index contributed by atoms with van der Waals surface area (Å²) in [6.45, 7) is 20.4. The van der Waals surface area contributed by atoms with Crippen LogP contribution < -0.4 is 5.46 Å². The van der Waals surface area contributed by atoms with Crippen LogP contribution in [0, 0.1) is 0 Å². The predicted octanol–water partition coefficient (Wildman–Crippen LogP) is 16.7. The second-order valence-corrected chi connectivity index (χ2v) is 21.9. The minimum absolute atomic E-state index is 0.120. The van der Waals surface area contributed by atoms with Gasteiger partial charge in [-0.05, 0) is 190 Å². The van der Waals surface area contributed by atoms with Gasteiger partial charge in [-0.3, -0.25) is 0 Å². The van der Waals surface area contributed by atoms with Crippen molar-refractivity contribution in [1.82, 2.24) is 0 Å². The van der Waals surface area contributed by atoms with Gasteiger partial charge in [-0.1, -0.05) is 170 Å². The molecule has 0 aliphatic carbocycles. The van der Waals surface area contributed by atoms with E-state index in [0.29, 0.717) is 0 Å². The Hall–Kier alpha value is -5.83. The summed E-state index contributed by atoms with van der Waals surface area (Å²) in [6, 6.07) is 65.2. The summed E-state index contributed by atoms with van der Waals surface area (Å²) in [7, 11) is -0.944. The predicted molar refractivity (Wildman–Crippen MR) is 305 cm³/mol. The van der Waals surface area contributed by atoms with Crippen LogP contribution in [0.4, 0.5) is 0 Å². The second-order valence-electron chi connectivity index (χ2n) is 21.1. The third kappa shape index (κ3) is 9.20. The number of hydrogen-bond donors (Lipinski definition) is 0. The number of hydrogen-bond acceptors (Lipinski definition) is 5. The van der Waals surface area contributed by atoms with Crippen molar-refractivity contribution in [3.05, 3.63) is 186 Å². The Balaban J connectivity index is 0.000000135. The van der Waals surface area contributed by atoms with Crippen LogP contribution in [0.3, 0.4) is 0 Å². The summed E-state index contributed by atoms with van der Waals surface area (Å²) in [6.07, 6.45) is 0.120. The van der Waals surface area contributed by atoms with Crippen LogP contribution in [0.2, 0.25) is 0 Å². The third-order valence-corrected chi connectivity index (χ3v) is 15.9. The molecular weight excluding hydrogens is 938 g/mol. The molecule has 2 saturated heterocycles. The van der Waals surface area contributed by atoms with Gasteiger partial charge in [-0.15, -0.1) is 0 Å². The summed E-state index contributed by atoms with van der Waals surface area (Å²) in [5, 5.41) is 14.9. The van der Waals surface area contributed by atoms with Crippen LogP contribution in [0.25, 0.3) is 86.9 Å². The fraction of sp³-hybridized carbons (Fsp3) is 0.238. The smallest absolute Gasteiger partial charge is 0.399 e. The van der Waals surface area contributed by atoms with Gasteiger partial charge in [0.15, 0.2) is 0 Å². The molecule has 0 saturated carbocycles. The number of fused-ring (bicyclic) bond motifs is 6. The van der Waals surface area contributed by atoms with Crippen LogP contribution in [-0.2, 0) is 23.3 Å². The highest BCUT2D eigenvalue weighted by atomic mass is 79.9. The van der Waals surface area contributed by atoms with E-state index in [0.717, 1.165) is 5.46 Å². The molecule has 0 spiro atoms. The molecule has 10 aromatic rings. The molecule has 0 aromatic heterocycles. The van der Waals surface area contributed by atoms with Crippen molar-refractivity contribution in [2.45, 2.75) is 97.7 Å². The van der Waals surface area contributed by atoms with E-state index in [-0.39, 0.29) is 17.3 Å². The molecule has 0 N–H and O–H groups in total. The van der Waals surface area contributed by atoms with E-state index >= 15 is 0 Å². The van der Waals surface area contributed by atoms with Gasteiger partial charge in [-0.2, -0.15) is 0 Å². The Bertz CT molecular complexity index is 3470. The monoisotopic (exact) mass is 998 g/mol. The van der Waals surface area contributed by atoms with Gasteiger partial charge < -0.3 is 23.3 Å². The van der Waals surface area contributed by atoms with Crippen LogP contribution in [-0.4, -0.2) is 42.9 Å². The van der Waals surface area contributed by atoms with Crippen LogP contribution in [0.15, 0.2) is 186 Å². The maximum Gasteiger partial charge on any atom is 0.640 e. The molecule has 5 nitrogen and oxygen atoms in total. The molecule has 356 valence electrons. The van der Waals surface area contributed by atoms with E-state index < -0.39 is 25.6 Å². The van der Waals surface area contributed by atoms with E-state index in [2.05, 4.69) is 226 Å². The van der Waals surface area contributed by atoms with Gasteiger partial charge in [0.2, 0.25) is 0 Å². The zero-order valence-electron chi connectivity index (χ0n) is 42.5. The molecule has 0 unspecified atom stereocenters. The van der Waals surface area contributed by atoms with Crippen molar-refractivity contribution in [3.8, 4) is 22.3 Å². The topological polar surface area (TPSA) is 46.2 Å². The summed E-state index contributed by atoms with van der Waals surface area (Å²) >= 11 is 3.83. The molecule has 2 fully saturated rings. The first-order valence-electron chi connectivity index (χ1n) is 24.8. The molecule has 10 aromatic carbocycles. The van der Waals surface area contributed by atoms with Crippen molar-refractivity contribution >= 4 is 100 Å². The molecule has 2 aliphatic heterocycles. The maximum atomic E-state index is 6.55. The minimum atomic E-state index is -0.523. The lowest BCUT2D eigenvalue weighted by atomic mass is 9.71. The van der Waals surface area contributed by atoms with Crippen molar-refractivity contribution in [3.63, 3.8) is 0 Å². The second kappa shape index (κ2) is 19.0. The Morgan fingerprint density at radius 2 is 0.690 bits per heavy atom. The fourth-order valence-corrected chi connectivity index (χ4v) is 10.5. The Labute approximate surface area is 427 Å². The SMILES string of the molecule is Brc1c2ccccc2c(-c2ccc3ccccc3c2)c2ccccc12.CC(C)OB1OC(C)(C)C(C)(C)O1.CC1(C)OB(c2c3ccccc3c(-c3ccc4ccccc4c3)c3ccccc23)OC1(C)C. The Morgan fingerprint density at radius 1 is 0.380 bits per heavy atom. The summed E-state index contributed by atoms with van der Waals surface area (Å²) in [5.74, 6) is 0. The van der Waals surface area contributed by atoms with Crippen molar-refractivity contribution in [2.24, 2.45) is 0 Å². The zero-order valence-corrected chi connectivity index (χ0v) is 44.1. The molecule has 2 heterocycles. The average molecular weight is 1000 g/mol. The quantitative estimate of drug-likeness (QED) is 0.127. The highest BCUT2D eigenvalue weighted by molar-refractivity contribution is 9.10. The number of rotatable bonds is 5. The lowest BCUT2D eigenvalue weighted by molar-refractivity contribution is 0.00578. The molecule has 0 radical (unpaired) electrons. The van der Waals surface area contributed by atoms with Crippen LogP contribution >= 0.6 is 15.9 Å². The number of benzene rings is 10. The van der Waals surface area contributed by atoms with Crippen molar-refractivity contribution in [2.75, 3.05) is 0 Å². The normalized spacial score (nSPS) is 16.7. The highest BCUT2D eigenvalue weighted by Crippen LogP contribution is 2.44. The molecule has 0 atom stereocenters. The lowest BCUT2D eigenvalue weighted by Crippen LogP contribution is -2.41. The molecule has 71 heavy (non-hydrogen) atoms. The molecular formula is C63H61B2BrO5. The largest absolute Gasteiger partial charge is 0.640 e. The van der Waals surface area contributed by atoms with E-state index in [1.165, 1.54) is 91.4 Å². The summed E-state index contributed by atoms with van der Waals surface area (Å²) in [5.41, 5.74) is 4.78. The highest BCUT2D eigenvalue weighted by Gasteiger charge is 2.54. The van der Waals surface area contributed by atoms with Gasteiger partial charge in [0.1, 0.15) is 0 Å². The van der Waals surface area contributed by atoms with Gasteiger partial charge >= 0.3 is 14.4 Å². The van der Waals surface area contributed by atoms with E-state index in [1.807, 2.05) is 41.5 Å². The fourth-order valence-electron chi connectivity index (χ4n) is 9.83. The zero-order chi connectivity index (χ0) is 49.9. The third-order valence-electron chi connectivity index (χ3n) is 15.0. The van der Waals surface area contributed by atoms with Crippen LogP contribution in [0.5, 0.6) is 0 Å². The Morgan fingerprint density at radius 3 is 1.07 bits per heavy atom. The first-order chi connectivity index (χ1) is 33.9. The van der Waals surface area contributed by atoms with Crippen molar-refractivity contribution in [1.29, 1.82) is 0 Å². The lowest BCUT2D eigenvalue weighted by Gasteiger charge is -2.32. The standard InChI is InChI=1S/C30H27BO2.C24H15Br.C9H19BO3/c1-29(2)30(3,4)33-31(32-29)28-25-15-9-7-13-23(25)27(24-14-8-10-16-26(24)28)22-18-17-20-11-5-6-12-21(20)19-22;25-24-21-11-5-3-9-19(21)23(20-10-4-6-12-22(20)24)18-14-13-16-7-1-2-8-17(16)15-18;1-7(2)11-10-12-8(3,4)9(5,6)13-10/h5-19H,1-4H3;1-15H;7H,1-6H3. The summed E-state index contributed by atoms with van der Waals surface area (Å²) in [4.78, 5) is 0. The van der Waals surface area contributed by atoms with Gasteiger partial charge in [-0.25, -0.2) is 0 Å². The van der Waals surface area contributed by atoms with E-state index in [4.69, 9.17) is 23.3 Å². The van der Waals surface area contributed by atoms with E-state index in [9.17, 15) is 0 Å². The van der Waals surface area contributed by atoms with E-state index in [1.54, 1.807) is 0 Å². The molecule has 12 rings (SSSR count). The molecule has 0 amide bonds. The molecule has 0 bridgehead atoms. The Kier molecular flexibility index (Phi) is 13.0. The average Bonchev–Trinajstić information content (AvgIpc) is 3.70. The molecule has 2 aliphatic rings. The van der Waals surface area contributed by atoms with Crippen molar-refractivity contribution < 1.29 is 23.3 Å². The van der Waals surface area contributed by atoms with Gasteiger partial charge in [0.25, 0.3) is 0 Å². The first-order valence-corrected chi connectivity index (χ1v) is 25.6. The summed E-state index contributed by atoms with van der Waals surface area (Å²) < 4.78 is 31.0. The number of halogens is 1. The maximum absolute atomic E-state index is 6.55. The first kappa shape index (κ1) is 48.8. The van der Waals surface area contributed by atoms with Crippen LogP contribution in [0.1, 0.15) is 69.2 Å².